The van der Waals surface area contributed by atoms with Gasteiger partial charge in [-0.15, -0.1) is 0 Å². The summed E-state index contributed by atoms with van der Waals surface area (Å²) in [5, 5.41) is 3.59. The Morgan fingerprint density at radius 1 is 1.10 bits per heavy atom. The van der Waals surface area contributed by atoms with E-state index >= 15 is 0 Å². The predicted molar refractivity (Wildman–Crippen MR) is 118 cm³/mol. The Bertz CT molecular complexity index is 947. The second kappa shape index (κ2) is 9.94. The molecule has 2 aliphatic heterocycles. The standard InChI is InChI=1S/C24H25ClN2O3/c25-22-6-7-23-21(14-22)13-20(17-30-23)5-8-24(28)26-15-18-1-3-19(4-2-18)16-27-9-11-29-12-10-27/h1-8,13-14H,9-12,15-17H2,(H,26,28). The summed E-state index contributed by atoms with van der Waals surface area (Å²) in [7, 11) is 0. The van der Waals surface area contributed by atoms with Gasteiger partial charge in [-0.3, -0.25) is 9.69 Å². The quantitative estimate of drug-likeness (QED) is 0.716. The maximum atomic E-state index is 12.2. The molecular formula is C24H25ClN2O3. The second-order valence-electron chi connectivity index (χ2n) is 7.45. The summed E-state index contributed by atoms with van der Waals surface area (Å²) in [6.07, 6.45) is 5.31. The van der Waals surface area contributed by atoms with Crippen molar-refractivity contribution in [1.29, 1.82) is 0 Å². The van der Waals surface area contributed by atoms with Gasteiger partial charge in [-0.2, -0.15) is 0 Å². The molecule has 0 radical (unpaired) electrons. The number of morpholine rings is 1. The maximum absolute atomic E-state index is 12.2. The molecular weight excluding hydrogens is 400 g/mol. The number of benzene rings is 2. The van der Waals surface area contributed by atoms with Crippen LogP contribution in [0.5, 0.6) is 5.75 Å². The van der Waals surface area contributed by atoms with Crippen molar-refractivity contribution in [2.75, 3.05) is 32.9 Å². The molecule has 2 heterocycles. The van der Waals surface area contributed by atoms with Crippen molar-refractivity contribution in [3.8, 4) is 5.75 Å². The van der Waals surface area contributed by atoms with Crippen molar-refractivity contribution >= 4 is 23.6 Å². The molecule has 1 saturated heterocycles. The van der Waals surface area contributed by atoms with Crippen LogP contribution in [0.4, 0.5) is 0 Å². The van der Waals surface area contributed by atoms with Crippen LogP contribution in [0.3, 0.4) is 0 Å². The lowest BCUT2D eigenvalue weighted by Crippen LogP contribution is -2.35. The Hall–Kier alpha value is -2.60. The molecule has 156 valence electrons. The molecule has 30 heavy (non-hydrogen) atoms. The van der Waals surface area contributed by atoms with E-state index in [-0.39, 0.29) is 5.91 Å². The van der Waals surface area contributed by atoms with Gasteiger partial charge in [-0.1, -0.05) is 41.9 Å². The van der Waals surface area contributed by atoms with Crippen LogP contribution in [-0.2, 0) is 22.6 Å². The highest BCUT2D eigenvalue weighted by Gasteiger charge is 2.11. The Morgan fingerprint density at radius 2 is 1.87 bits per heavy atom. The Balaban J connectivity index is 1.26. The number of hydrogen-bond donors (Lipinski definition) is 1. The minimum Gasteiger partial charge on any atom is -0.488 e. The number of ether oxygens (including phenoxy) is 2. The molecule has 1 amide bonds. The van der Waals surface area contributed by atoms with E-state index in [4.69, 9.17) is 21.1 Å². The lowest BCUT2D eigenvalue weighted by molar-refractivity contribution is -0.116. The number of amides is 1. The number of nitrogens with zero attached hydrogens (tertiary/aromatic N) is 1. The third-order valence-electron chi connectivity index (χ3n) is 5.16. The summed E-state index contributed by atoms with van der Waals surface area (Å²) in [5.74, 6) is 0.670. The van der Waals surface area contributed by atoms with Crippen LogP contribution in [0.15, 0.2) is 60.2 Å². The SMILES string of the molecule is O=C(C=CC1=Cc2cc(Cl)ccc2OC1)NCc1ccc(CN2CCOCC2)cc1. The molecule has 0 bridgehead atoms. The maximum Gasteiger partial charge on any atom is 0.244 e. The first-order chi connectivity index (χ1) is 14.7. The highest BCUT2D eigenvalue weighted by atomic mass is 35.5. The van der Waals surface area contributed by atoms with Gasteiger partial charge in [0.15, 0.2) is 0 Å². The Morgan fingerprint density at radius 3 is 2.67 bits per heavy atom. The Labute approximate surface area is 181 Å². The van der Waals surface area contributed by atoms with Gasteiger partial charge in [0.2, 0.25) is 5.91 Å². The van der Waals surface area contributed by atoms with E-state index in [2.05, 4.69) is 34.5 Å². The lowest BCUT2D eigenvalue weighted by atomic mass is 10.1. The normalized spacial score (nSPS) is 16.6. The molecule has 6 heteroatoms. The van der Waals surface area contributed by atoms with E-state index in [9.17, 15) is 4.79 Å². The summed E-state index contributed by atoms with van der Waals surface area (Å²) in [4.78, 5) is 14.6. The minimum absolute atomic E-state index is 0.134. The van der Waals surface area contributed by atoms with Crippen LogP contribution in [0, 0.1) is 0 Å². The van der Waals surface area contributed by atoms with Gasteiger partial charge < -0.3 is 14.8 Å². The minimum atomic E-state index is -0.134. The summed E-state index contributed by atoms with van der Waals surface area (Å²) < 4.78 is 11.1. The van der Waals surface area contributed by atoms with E-state index in [1.54, 1.807) is 12.1 Å². The van der Waals surface area contributed by atoms with Gasteiger partial charge in [0.05, 0.1) is 13.2 Å². The summed E-state index contributed by atoms with van der Waals surface area (Å²) in [5.41, 5.74) is 4.20. The van der Waals surface area contributed by atoms with E-state index < -0.39 is 0 Å². The molecule has 1 N–H and O–H groups in total. The average Bonchev–Trinajstić information content (AvgIpc) is 2.77. The van der Waals surface area contributed by atoms with Crippen LogP contribution in [0.1, 0.15) is 16.7 Å². The largest absolute Gasteiger partial charge is 0.488 e. The third-order valence-corrected chi connectivity index (χ3v) is 5.39. The zero-order valence-electron chi connectivity index (χ0n) is 16.8. The van der Waals surface area contributed by atoms with Gasteiger partial charge in [0, 0.05) is 42.8 Å². The lowest BCUT2D eigenvalue weighted by Gasteiger charge is -2.26. The van der Waals surface area contributed by atoms with Gasteiger partial charge in [0.1, 0.15) is 12.4 Å². The van der Waals surface area contributed by atoms with E-state index in [0.717, 1.165) is 55.3 Å². The molecule has 0 unspecified atom stereocenters. The van der Waals surface area contributed by atoms with Gasteiger partial charge in [-0.25, -0.2) is 0 Å². The first-order valence-electron chi connectivity index (χ1n) is 10.1. The van der Waals surface area contributed by atoms with Gasteiger partial charge >= 0.3 is 0 Å². The van der Waals surface area contributed by atoms with Gasteiger partial charge in [-0.05, 0) is 41.0 Å². The summed E-state index contributed by atoms with van der Waals surface area (Å²) in [6, 6.07) is 13.9. The summed E-state index contributed by atoms with van der Waals surface area (Å²) in [6.45, 7) is 5.43. The third kappa shape index (κ3) is 5.72. The van der Waals surface area contributed by atoms with Crippen LogP contribution >= 0.6 is 11.6 Å². The fourth-order valence-electron chi connectivity index (χ4n) is 3.47. The number of nitrogens with one attached hydrogen (secondary N) is 1. The molecule has 2 aliphatic rings. The van der Waals surface area contributed by atoms with Crippen molar-refractivity contribution in [3.63, 3.8) is 0 Å². The van der Waals surface area contributed by atoms with Crippen molar-refractivity contribution in [3.05, 3.63) is 81.9 Å². The predicted octanol–water partition coefficient (Wildman–Crippen LogP) is 3.82. The van der Waals surface area contributed by atoms with Crippen molar-refractivity contribution in [1.82, 2.24) is 10.2 Å². The smallest absolute Gasteiger partial charge is 0.244 e. The molecule has 0 spiro atoms. The van der Waals surface area contributed by atoms with Crippen molar-refractivity contribution in [2.45, 2.75) is 13.1 Å². The molecule has 0 saturated carbocycles. The molecule has 5 nitrogen and oxygen atoms in total. The monoisotopic (exact) mass is 424 g/mol. The average molecular weight is 425 g/mol. The number of carbonyl (C=O) groups is 1. The van der Waals surface area contributed by atoms with Crippen LogP contribution < -0.4 is 10.1 Å². The topological polar surface area (TPSA) is 50.8 Å². The van der Waals surface area contributed by atoms with Crippen LogP contribution in [0.2, 0.25) is 5.02 Å². The fourth-order valence-corrected chi connectivity index (χ4v) is 3.65. The number of fused-ring (bicyclic) bond motifs is 1. The van der Waals surface area contributed by atoms with Crippen LogP contribution in [0.25, 0.3) is 6.08 Å². The number of hydrogen-bond acceptors (Lipinski definition) is 4. The van der Waals surface area contributed by atoms with E-state index in [1.807, 2.05) is 18.2 Å². The van der Waals surface area contributed by atoms with Crippen molar-refractivity contribution in [2.24, 2.45) is 0 Å². The molecule has 1 fully saturated rings. The highest BCUT2D eigenvalue weighted by molar-refractivity contribution is 6.30. The molecule has 4 rings (SSSR count). The van der Waals surface area contributed by atoms with E-state index in [1.165, 1.54) is 11.6 Å². The molecule has 0 atom stereocenters. The molecule has 2 aromatic carbocycles. The highest BCUT2D eigenvalue weighted by Crippen LogP contribution is 2.29. The number of rotatable bonds is 6. The van der Waals surface area contributed by atoms with Gasteiger partial charge in [0.25, 0.3) is 0 Å². The zero-order valence-corrected chi connectivity index (χ0v) is 17.5. The zero-order chi connectivity index (χ0) is 20.8. The Kier molecular flexibility index (Phi) is 6.84. The number of halogens is 1. The van der Waals surface area contributed by atoms with Crippen LogP contribution in [-0.4, -0.2) is 43.7 Å². The molecule has 2 aromatic rings. The summed E-state index contributed by atoms with van der Waals surface area (Å²) >= 11 is 6.04. The first-order valence-corrected chi connectivity index (χ1v) is 10.5. The first kappa shape index (κ1) is 20.7. The molecule has 0 aromatic heterocycles. The number of carbonyl (C=O) groups excluding carboxylic acids is 1. The molecule has 0 aliphatic carbocycles. The van der Waals surface area contributed by atoms with Crippen molar-refractivity contribution < 1.29 is 14.3 Å². The second-order valence-corrected chi connectivity index (χ2v) is 7.88. The van der Waals surface area contributed by atoms with E-state index in [0.29, 0.717) is 18.2 Å². The fraction of sp³-hybridized carbons (Fsp3) is 0.292.